The standard InChI is InChI=1S/C20H17ClN6O2/c1-22-19-17-15(16(21)18(27-26-17)25-20(28)11-3-4-11)12(9-24-19)5-6-13-7-8-14(29-2)10-23-13/h7-11H,3-4H2,1-2H3,(H,22,24)(H,25,27,28). The smallest absolute Gasteiger partial charge is 0.228 e. The second-order valence-electron chi connectivity index (χ2n) is 6.45. The number of anilines is 2. The molecule has 8 nitrogen and oxygen atoms in total. The normalized spacial score (nSPS) is 12.8. The molecule has 0 saturated heterocycles. The summed E-state index contributed by atoms with van der Waals surface area (Å²) in [6, 6.07) is 3.54. The quantitative estimate of drug-likeness (QED) is 0.640. The van der Waals surface area contributed by atoms with Crippen molar-refractivity contribution < 1.29 is 9.53 Å². The molecule has 2 N–H and O–H groups in total. The van der Waals surface area contributed by atoms with Crippen LogP contribution in [-0.4, -0.2) is 40.2 Å². The van der Waals surface area contributed by atoms with Gasteiger partial charge in [-0.05, 0) is 30.9 Å². The zero-order valence-electron chi connectivity index (χ0n) is 15.8. The van der Waals surface area contributed by atoms with E-state index in [1.165, 1.54) is 0 Å². The van der Waals surface area contributed by atoms with Gasteiger partial charge in [-0.3, -0.25) is 4.79 Å². The molecule has 3 aromatic rings. The molecule has 0 atom stereocenters. The van der Waals surface area contributed by atoms with Crippen molar-refractivity contribution in [2.75, 3.05) is 24.8 Å². The maximum Gasteiger partial charge on any atom is 0.228 e. The second-order valence-corrected chi connectivity index (χ2v) is 6.83. The van der Waals surface area contributed by atoms with Gasteiger partial charge in [-0.1, -0.05) is 17.5 Å². The molecule has 3 aromatic heterocycles. The number of carbonyl (C=O) groups is 1. The van der Waals surface area contributed by atoms with Gasteiger partial charge in [0.1, 0.15) is 17.0 Å². The van der Waals surface area contributed by atoms with Crippen LogP contribution in [0.25, 0.3) is 10.9 Å². The van der Waals surface area contributed by atoms with Crippen LogP contribution in [0.5, 0.6) is 5.75 Å². The Balaban J connectivity index is 1.78. The number of halogens is 1. The van der Waals surface area contributed by atoms with Crippen LogP contribution < -0.4 is 15.4 Å². The van der Waals surface area contributed by atoms with Crippen molar-refractivity contribution >= 4 is 40.0 Å². The Morgan fingerprint density at radius 2 is 2.00 bits per heavy atom. The molecule has 1 aliphatic rings. The molecular weight excluding hydrogens is 392 g/mol. The van der Waals surface area contributed by atoms with Crippen molar-refractivity contribution in [1.82, 2.24) is 20.2 Å². The minimum atomic E-state index is -0.0986. The van der Waals surface area contributed by atoms with Gasteiger partial charge in [0.15, 0.2) is 11.6 Å². The van der Waals surface area contributed by atoms with Gasteiger partial charge in [0, 0.05) is 24.5 Å². The number of nitrogens with one attached hydrogen (secondary N) is 2. The van der Waals surface area contributed by atoms with Crippen molar-refractivity contribution in [3.8, 4) is 17.6 Å². The average molecular weight is 409 g/mol. The first-order valence-electron chi connectivity index (χ1n) is 8.96. The molecule has 0 unspecified atom stereocenters. The number of pyridine rings is 2. The summed E-state index contributed by atoms with van der Waals surface area (Å²) in [7, 11) is 3.30. The van der Waals surface area contributed by atoms with Gasteiger partial charge in [0.2, 0.25) is 5.91 Å². The molecule has 1 amide bonds. The third kappa shape index (κ3) is 3.91. The zero-order chi connectivity index (χ0) is 20.4. The Bertz CT molecular complexity index is 1150. The molecule has 0 bridgehead atoms. The molecule has 1 fully saturated rings. The SMILES string of the molecule is CNc1ncc(C#Cc2ccc(OC)cn2)c2c(Cl)c(NC(=O)C3CC3)nnc12. The predicted molar refractivity (Wildman–Crippen MR) is 110 cm³/mol. The van der Waals surface area contributed by atoms with Gasteiger partial charge in [-0.15, -0.1) is 10.2 Å². The van der Waals surface area contributed by atoms with Crippen molar-refractivity contribution in [3.05, 3.63) is 40.8 Å². The van der Waals surface area contributed by atoms with E-state index in [0.29, 0.717) is 33.7 Å². The lowest BCUT2D eigenvalue weighted by atomic mass is 10.1. The first kappa shape index (κ1) is 18.9. The molecule has 3 heterocycles. The van der Waals surface area contributed by atoms with E-state index in [1.54, 1.807) is 38.7 Å². The van der Waals surface area contributed by atoms with Gasteiger partial charge in [-0.2, -0.15) is 0 Å². The van der Waals surface area contributed by atoms with Crippen LogP contribution in [0.2, 0.25) is 5.02 Å². The molecule has 9 heteroatoms. The number of ether oxygens (including phenoxy) is 1. The monoisotopic (exact) mass is 408 g/mol. The second kappa shape index (κ2) is 7.89. The fraction of sp³-hybridized carbons (Fsp3) is 0.250. The fourth-order valence-corrected chi connectivity index (χ4v) is 2.99. The number of carbonyl (C=O) groups excluding carboxylic acids is 1. The van der Waals surface area contributed by atoms with Crippen LogP contribution in [0.1, 0.15) is 24.1 Å². The number of rotatable bonds is 4. The summed E-state index contributed by atoms with van der Waals surface area (Å²) in [5.74, 6) is 7.33. The number of hydrogen-bond acceptors (Lipinski definition) is 7. The largest absolute Gasteiger partial charge is 0.495 e. The maximum absolute atomic E-state index is 12.1. The van der Waals surface area contributed by atoms with Crippen molar-refractivity contribution in [1.29, 1.82) is 0 Å². The van der Waals surface area contributed by atoms with E-state index >= 15 is 0 Å². The molecule has 1 aliphatic carbocycles. The first-order chi connectivity index (χ1) is 14.1. The number of hydrogen-bond donors (Lipinski definition) is 2. The van der Waals surface area contributed by atoms with Crippen LogP contribution in [-0.2, 0) is 4.79 Å². The first-order valence-corrected chi connectivity index (χ1v) is 9.34. The average Bonchev–Trinajstić information content (AvgIpc) is 3.59. The van der Waals surface area contributed by atoms with Crippen LogP contribution in [0.4, 0.5) is 11.6 Å². The van der Waals surface area contributed by atoms with Crippen molar-refractivity contribution in [2.24, 2.45) is 5.92 Å². The van der Waals surface area contributed by atoms with Crippen LogP contribution in [0.15, 0.2) is 24.5 Å². The summed E-state index contributed by atoms with van der Waals surface area (Å²) >= 11 is 6.59. The predicted octanol–water partition coefficient (Wildman–Crippen LogP) is 2.87. The van der Waals surface area contributed by atoms with Crippen LogP contribution in [0, 0.1) is 17.8 Å². The lowest BCUT2D eigenvalue weighted by Gasteiger charge is -2.10. The molecule has 0 aromatic carbocycles. The van der Waals surface area contributed by atoms with Crippen LogP contribution >= 0.6 is 11.6 Å². The summed E-state index contributed by atoms with van der Waals surface area (Å²) in [4.78, 5) is 20.7. The van der Waals surface area contributed by atoms with E-state index < -0.39 is 0 Å². The highest BCUT2D eigenvalue weighted by Gasteiger charge is 2.30. The van der Waals surface area contributed by atoms with Gasteiger partial charge in [-0.25, -0.2) is 9.97 Å². The van der Waals surface area contributed by atoms with E-state index in [0.717, 1.165) is 12.8 Å². The Hall–Kier alpha value is -3.44. The summed E-state index contributed by atoms with van der Waals surface area (Å²) in [6.45, 7) is 0. The molecule has 0 radical (unpaired) electrons. The van der Waals surface area contributed by atoms with Gasteiger partial charge >= 0.3 is 0 Å². The number of amides is 1. The molecular formula is C20H17ClN6O2. The van der Waals surface area contributed by atoms with Crippen molar-refractivity contribution in [3.63, 3.8) is 0 Å². The van der Waals surface area contributed by atoms with E-state index in [-0.39, 0.29) is 22.7 Å². The Labute approximate surface area is 172 Å². The molecule has 1 saturated carbocycles. The summed E-state index contributed by atoms with van der Waals surface area (Å²) in [5.41, 5.74) is 1.59. The van der Waals surface area contributed by atoms with Gasteiger partial charge in [0.05, 0.1) is 23.9 Å². The van der Waals surface area contributed by atoms with E-state index in [4.69, 9.17) is 16.3 Å². The highest BCUT2D eigenvalue weighted by Crippen LogP contribution is 2.35. The topological polar surface area (TPSA) is 102 Å². The Kier molecular flexibility index (Phi) is 5.14. The van der Waals surface area contributed by atoms with Gasteiger partial charge in [0.25, 0.3) is 0 Å². The Morgan fingerprint density at radius 3 is 2.66 bits per heavy atom. The third-order valence-corrected chi connectivity index (χ3v) is 4.82. The number of nitrogens with zero attached hydrogens (tertiary/aromatic N) is 4. The minimum absolute atomic E-state index is 0.0225. The molecule has 0 spiro atoms. The highest BCUT2D eigenvalue weighted by atomic mass is 35.5. The lowest BCUT2D eigenvalue weighted by Crippen LogP contribution is -2.15. The van der Waals surface area contributed by atoms with Crippen LogP contribution in [0.3, 0.4) is 0 Å². The summed E-state index contributed by atoms with van der Waals surface area (Å²) in [5, 5.41) is 14.8. The fourth-order valence-electron chi connectivity index (χ4n) is 2.71. The van der Waals surface area contributed by atoms with Crippen molar-refractivity contribution in [2.45, 2.75) is 12.8 Å². The molecule has 0 aliphatic heterocycles. The van der Waals surface area contributed by atoms with E-state index in [1.807, 2.05) is 0 Å². The molecule has 4 rings (SSSR count). The van der Waals surface area contributed by atoms with Gasteiger partial charge < -0.3 is 15.4 Å². The number of fused-ring (bicyclic) bond motifs is 1. The molecule has 29 heavy (non-hydrogen) atoms. The van der Waals surface area contributed by atoms with E-state index in [2.05, 4.69) is 42.6 Å². The third-order valence-electron chi connectivity index (χ3n) is 4.45. The highest BCUT2D eigenvalue weighted by molar-refractivity contribution is 6.38. The number of methoxy groups -OCH3 is 1. The summed E-state index contributed by atoms with van der Waals surface area (Å²) in [6.07, 6.45) is 4.95. The number of aromatic nitrogens is 4. The summed E-state index contributed by atoms with van der Waals surface area (Å²) < 4.78 is 5.10. The lowest BCUT2D eigenvalue weighted by molar-refractivity contribution is -0.117. The maximum atomic E-state index is 12.1. The Morgan fingerprint density at radius 1 is 1.17 bits per heavy atom. The van der Waals surface area contributed by atoms with E-state index in [9.17, 15) is 4.79 Å². The zero-order valence-corrected chi connectivity index (χ0v) is 16.5. The minimum Gasteiger partial charge on any atom is -0.495 e. The molecule has 146 valence electrons.